The minimum absolute atomic E-state index is 0.0543. The number of hydrogen-bond acceptors (Lipinski definition) is 6. The predicted octanol–water partition coefficient (Wildman–Crippen LogP) is 4.80. The molecule has 0 radical (unpaired) electrons. The number of aromatic nitrogens is 1. The maximum Gasteiger partial charge on any atom is 0.296 e. The molecule has 0 spiro atoms. The molecule has 1 N–H and O–H groups in total. The second kappa shape index (κ2) is 9.56. The molecule has 1 saturated heterocycles. The van der Waals surface area contributed by atoms with E-state index in [0.29, 0.717) is 39.1 Å². The summed E-state index contributed by atoms with van der Waals surface area (Å²) in [6.45, 7) is 5.36. The first-order valence-electron chi connectivity index (χ1n) is 10.7. The van der Waals surface area contributed by atoms with Gasteiger partial charge in [0.05, 0.1) is 23.8 Å². The maximum absolute atomic E-state index is 13.4. The Labute approximate surface area is 217 Å². The molecule has 11 heteroatoms. The Bertz CT molecular complexity index is 1490. The molecule has 184 valence electrons. The highest BCUT2D eigenvalue weighted by atomic mass is 35.5. The molecule has 36 heavy (non-hydrogen) atoms. The van der Waals surface area contributed by atoms with Gasteiger partial charge in [0.15, 0.2) is 5.11 Å². The van der Waals surface area contributed by atoms with Gasteiger partial charge in [-0.2, -0.15) is 0 Å². The minimum atomic E-state index is -0.639. The highest BCUT2D eigenvalue weighted by molar-refractivity contribution is 7.80. The van der Waals surface area contributed by atoms with Crippen molar-refractivity contribution in [3.05, 3.63) is 85.7 Å². The zero-order valence-corrected chi connectivity index (χ0v) is 21.4. The number of halogens is 1. The van der Waals surface area contributed by atoms with E-state index in [1.165, 1.54) is 24.2 Å². The molecule has 1 aliphatic heterocycles. The van der Waals surface area contributed by atoms with Crippen molar-refractivity contribution in [2.45, 2.75) is 20.8 Å². The van der Waals surface area contributed by atoms with Crippen LogP contribution in [-0.4, -0.2) is 33.5 Å². The maximum atomic E-state index is 13.4. The van der Waals surface area contributed by atoms with Crippen LogP contribution in [0.2, 0.25) is 5.02 Å². The molecule has 2 heterocycles. The second-order valence-electron chi connectivity index (χ2n) is 8.16. The molecule has 1 aliphatic rings. The molecule has 0 saturated carbocycles. The average molecular weight is 525 g/mol. The number of benzene rings is 2. The fourth-order valence-corrected chi connectivity index (χ4v) is 4.49. The summed E-state index contributed by atoms with van der Waals surface area (Å²) in [7, 11) is 1.43. The van der Waals surface area contributed by atoms with Gasteiger partial charge in [-0.1, -0.05) is 17.7 Å². The van der Waals surface area contributed by atoms with Gasteiger partial charge in [-0.05, 0) is 80.5 Å². The summed E-state index contributed by atoms with van der Waals surface area (Å²) >= 11 is 11.5. The zero-order valence-electron chi connectivity index (χ0n) is 19.8. The van der Waals surface area contributed by atoms with Gasteiger partial charge in [0, 0.05) is 16.4 Å². The largest absolute Gasteiger partial charge is 0.496 e. The van der Waals surface area contributed by atoms with E-state index >= 15 is 0 Å². The lowest BCUT2D eigenvalue weighted by Gasteiger charge is -2.29. The van der Waals surface area contributed by atoms with Gasteiger partial charge >= 0.3 is 0 Å². The van der Waals surface area contributed by atoms with Crippen molar-refractivity contribution in [2.75, 3.05) is 12.0 Å². The first-order valence-corrected chi connectivity index (χ1v) is 11.5. The molecule has 2 aromatic carbocycles. The van der Waals surface area contributed by atoms with Crippen molar-refractivity contribution >= 4 is 58.2 Å². The first-order chi connectivity index (χ1) is 17.0. The van der Waals surface area contributed by atoms with E-state index in [9.17, 15) is 19.7 Å². The lowest BCUT2D eigenvalue weighted by molar-refractivity contribution is -0.384. The third kappa shape index (κ3) is 4.36. The third-order valence-electron chi connectivity index (χ3n) is 5.91. The van der Waals surface area contributed by atoms with Crippen LogP contribution < -0.4 is 15.0 Å². The number of aryl methyl sites for hydroxylation is 2. The topological polar surface area (TPSA) is 107 Å². The van der Waals surface area contributed by atoms with Gasteiger partial charge in [-0.3, -0.25) is 29.9 Å². The summed E-state index contributed by atoms with van der Waals surface area (Å²) < 4.78 is 6.82. The van der Waals surface area contributed by atoms with E-state index in [1.807, 2.05) is 6.92 Å². The monoisotopic (exact) mass is 524 g/mol. The van der Waals surface area contributed by atoms with Gasteiger partial charge in [0.25, 0.3) is 17.5 Å². The number of nitrogens with one attached hydrogen (secondary N) is 1. The summed E-state index contributed by atoms with van der Waals surface area (Å²) in [6, 6.07) is 11.4. The van der Waals surface area contributed by atoms with Crippen molar-refractivity contribution in [3.8, 4) is 11.4 Å². The summed E-state index contributed by atoms with van der Waals surface area (Å²) in [4.78, 5) is 38.6. The van der Waals surface area contributed by atoms with Gasteiger partial charge in [-0.25, -0.2) is 0 Å². The van der Waals surface area contributed by atoms with Crippen LogP contribution in [0.5, 0.6) is 5.75 Å². The van der Waals surface area contributed by atoms with Gasteiger partial charge in [-0.15, -0.1) is 0 Å². The number of carbonyl (C=O) groups is 2. The van der Waals surface area contributed by atoms with Crippen LogP contribution >= 0.6 is 23.8 Å². The van der Waals surface area contributed by atoms with Crippen molar-refractivity contribution in [3.63, 3.8) is 0 Å². The van der Waals surface area contributed by atoms with E-state index in [0.717, 1.165) is 5.56 Å². The van der Waals surface area contributed by atoms with Gasteiger partial charge in [0.2, 0.25) is 0 Å². The summed E-state index contributed by atoms with van der Waals surface area (Å²) in [6.07, 6.45) is 1.45. The molecular weight excluding hydrogens is 504 g/mol. The fourth-order valence-electron chi connectivity index (χ4n) is 4.04. The van der Waals surface area contributed by atoms with Gasteiger partial charge < -0.3 is 9.30 Å². The van der Waals surface area contributed by atoms with Crippen LogP contribution in [0.1, 0.15) is 22.5 Å². The van der Waals surface area contributed by atoms with E-state index in [1.54, 1.807) is 54.8 Å². The van der Waals surface area contributed by atoms with Crippen LogP contribution in [0.15, 0.2) is 48.0 Å². The lowest BCUT2D eigenvalue weighted by Crippen LogP contribution is -2.54. The molecule has 4 rings (SSSR count). The Kier molecular flexibility index (Phi) is 6.66. The number of rotatable bonds is 5. The molecule has 0 bridgehead atoms. The normalized spacial score (nSPS) is 14.9. The van der Waals surface area contributed by atoms with Crippen LogP contribution in [-0.2, 0) is 9.59 Å². The third-order valence-corrected chi connectivity index (χ3v) is 6.60. The van der Waals surface area contributed by atoms with Crippen molar-refractivity contribution < 1.29 is 19.2 Å². The molecule has 9 nitrogen and oxygen atoms in total. The highest BCUT2D eigenvalue weighted by Gasteiger charge is 2.35. The smallest absolute Gasteiger partial charge is 0.296 e. The standard InChI is InChI=1S/C25H21ClN4O5S/c1-13-5-6-17(11-20(13)26)29-24(32)19(23(31)27-25(29)36)10-16-9-14(2)28(15(16)3)21-8-7-18(35-4)12-22(21)30(33)34/h5-12H,1-4H3,(H,27,31,36)/b19-10+. The molecule has 2 amide bonds. The Morgan fingerprint density at radius 3 is 2.47 bits per heavy atom. The molecule has 0 atom stereocenters. The second-order valence-corrected chi connectivity index (χ2v) is 8.96. The van der Waals surface area contributed by atoms with Crippen LogP contribution in [0, 0.1) is 30.9 Å². The minimum Gasteiger partial charge on any atom is -0.496 e. The Hall–Kier alpha value is -4.02. The summed E-state index contributed by atoms with van der Waals surface area (Å²) in [5.41, 5.74) is 3.13. The predicted molar refractivity (Wildman–Crippen MR) is 141 cm³/mol. The summed E-state index contributed by atoms with van der Waals surface area (Å²) in [5.74, 6) is -0.893. The Morgan fingerprint density at radius 2 is 1.83 bits per heavy atom. The number of ether oxygens (including phenoxy) is 1. The lowest BCUT2D eigenvalue weighted by atomic mass is 10.1. The number of nitro groups is 1. The highest BCUT2D eigenvalue weighted by Crippen LogP contribution is 2.33. The number of anilines is 1. The van der Waals surface area contributed by atoms with Crippen molar-refractivity contribution in [1.82, 2.24) is 9.88 Å². The van der Waals surface area contributed by atoms with E-state index in [4.69, 9.17) is 28.6 Å². The molecule has 3 aromatic rings. The summed E-state index contributed by atoms with van der Waals surface area (Å²) in [5, 5.41) is 14.7. The molecule has 0 aliphatic carbocycles. The van der Waals surface area contributed by atoms with Crippen molar-refractivity contribution in [1.29, 1.82) is 0 Å². The molecular formula is C25H21ClN4O5S. The average Bonchev–Trinajstić information content (AvgIpc) is 3.10. The van der Waals surface area contributed by atoms with E-state index < -0.39 is 16.7 Å². The number of nitro benzene ring substituents is 1. The van der Waals surface area contributed by atoms with Gasteiger partial charge in [0.1, 0.15) is 17.0 Å². The Balaban J connectivity index is 1.80. The number of hydrogen-bond donors (Lipinski definition) is 1. The zero-order chi connectivity index (χ0) is 26.3. The number of nitrogens with zero attached hydrogens (tertiary/aromatic N) is 3. The molecule has 1 fully saturated rings. The van der Waals surface area contributed by atoms with Crippen LogP contribution in [0.25, 0.3) is 11.8 Å². The Morgan fingerprint density at radius 1 is 1.11 bits per heavy atom. The first kappa shape index (κ1) is 25.1. The number of thiocarbonyl (C=S) groups is 1. The number of methoxy groups -OCH3 is 1. The fraction of sp³-hybridized carbons (Fsp3) is 0.160. The molecule has 0 unspecified atom stereocenters. The van der Waals surface area contributed by atoms with Crippen LogP contribution in [0.4, 0.5) is 11.4 Å². The van der Waals surface area contributed by atoms with E-state index in [-0.39, 0.29) is 16.4 Å². The quantitative estimate of drug-likeness (QED) is 0.169. The van der Waals surface area contributed by atoms with Crippen LogP contribution in [0.3, 0.4) is 0 Å². The SMILES string of the molecule is COc1ccc(-n2c(C)cc(/C=C3\C(=O)NC(=S)N(c4ccc(C)c(Cl)c4)C3=O)c2C)c([N+](=O)[O-])c1. The van der Waals surface area contributed by atoms with Crippen molar-refractivity contribution in [2.24, 2.45) is 0 Å². The number of amides is 2. The van der Waals surface area contributed by atoms with E-state index in [2.05, 4.69) is 5.32 Å². The number of carbonyl (C=O) groups excluding carboxylic acids is 2. The molecule has 1 aromatic heterocycles.